The predicted molar refractivity (Wildman–Crippen MR) is 113 cm³/mol. The summed E-state index contributed by atoms with van der Waals surface area (Å²) >= 11 is 11.9. The van der Waals surface area contributed by atoms with Crippen LogP contribution < -0.4 is 11.0 Å². The predicted octanol–water partition coefficient (Wildman–Crippen LogP) is 2.93. The number of rotatable bonds is 5. The molecular weight excluding hydrogens is 453 g/mol. The number of amides is 1. The van der Waals surface area contributed by atoms with Gasteiger partial charge in [0, 0.05) is 12.1 Å². The molecule has 1 heterocycles. The number of aliphatic hydroxyl groups is 1. The maximum absolute atomic E-state index is 12.7. The van der Waals surface area contributed by atoms with Gasteiger partial charge in [-0.15, -0.1) is 0 Å². The number of H-pyrrole nitrogens is 1. The van der Waals surface area contributed by atoms with E-state index in [0.29, 0.717) is 0 Å². The highest BCUT2D eigenvalue weighted by atomic mass is 35.5. The van der Waals surface area contributed by atoms with Crippen LogP contribution in [-0.2, 0) is 4.74 Å². The van der Waals surface area contributed by atoms with Crippen molar-refractivity contribution in [3.63, 3.8) is 0 Å². The Bertz CT molecular complexity index is 1280. The number of aliphatic hydroxyl groups excluding tert-OH is 1. The first-order valence-electron chi connectivity index (χ1n) is 8.44. The Morgan fingerprint density at radius 3 is 2.68 bits per heavy atom. The number of non-ortho nitro benzene ring substituents is 1. The van der Waals surface area contributed by atoms with Gasteiger partial charge in [0.2, 0.25) is 0 Å². The second-order valence-corrected chi connectivity index (χ2v) is 6.86. The highest BCUT2D eigenvalue weighted by Gasteiger charge is 2.24. The molecule has 0 unspecified atom stereocenters. The Morgan fingerprint density at radius 2 is 2.03 bits per heavy atom. The van der Waals surface area contributed by atoms with Gasteiger partial charge in [0.05, 0.1) is 33.1 Å². The van der Waals surface area contributed by atoms with Crippen molar-refractivity contribution < 1.29 is 19.6 Å². The van der Waals surface area contributed by atoms with Gasteiger partial charge in [-0.1, -0.05) is 29.3 Å². The van der Waals surface area contributed by atoms with Crippen molar-refractivity contribution in [2.24, 2.45) is 5.10 Å². The van der Waals surface area contributed by atoms with Crippen LogP contribution in [0.2, 0.25) is 10.0 Å². The molecule has 2 aromatic carbocycles. The molecule has 31 heavy (non-hydrogen) atoms. The van der Waals surface area contributed by atoms with Crippen LogP contribution in [0.3, 0.4) is 0 Å². The van der Waals surface area contributed by atoms with Crippen LogP contribution in [0.4, 0.5) is 10.5 Å². The van der Waals surface area contributed by atoms with Crippen LogP contribution in [0.5, 0.6) is 0 Å². The third-order valence-corrected chi connectivity index (χ3v) is 4.84. The molecule has 0 aliphatic carbocycles. The number of hydrogen-bond donors (Lipinski definition) is 3. The number of nitrogens with one attached hydrogen (secondary N) is 2. The van der Waals surface area contributed by atoms with E-state index in [2.05, 4.69) is 19.8 Å². The first-order valence-corrected chi connectivity index (χ1v) is 9.20. The average molecular weight is 466 g/mol. The van der Waals surface area contributed by atoms with Crippen molar-refractivity contribution in [3.05, 3.63) is 78.2 Å². The molecule has 0 bridgehead atoms. The zero-order valence-electron chi connectivity index (χ0n) is 15.6. The Morgan fingerprint density at radius 1 is 1.29 bits per heavy atom. The summed E-state index contributed by atoms with van der Waals surface area (Å²) in [5, 5.41) is 26.0. The van der Waals surface area contributed by atoms with E-state index in [1.165, 1.54) is 30.3 Å². The number of carbonyl (C=O) groups is 1. The Kier molecular flexibility index (Phi) is 6.49. The third-order valence-electron chi connectivity index (χ3n) is 4.10. The van der Waals surface area contributed by atoms with Gasteiger partial charge >= 0.3 is 6.09 Å². The van der Waals surface area contributed by atoms with Gasteiger partial charge in [-0.05, 0) is 23.8 Å². The fourth-order valence-corrected chi connectivity index (χ4v) is 2.90. The molecule has 0 aliphatic heterocycles. The lowest BCUT2D eigenvalue weighted by atomic mass is 10.0. The van der Waals surface area contributed by atoms with Gasteiger partial charge in [-0.3, -0.25) is 14.9 Å². The number of aromatic nitrogens is 2. The fourth-order valence-electron chi connectivity index (χ4n) is 2.60. The Hall–Kier alpha value is -3.54. The molecule has 0 aliphatic rings. The molecule has 0 saturated carbocycles. The number of nitro benzene ring substituents is 1. The first kappa shape index (κ1) is 22.2. The van der Waals surface area contributed by atoms with Crippen molar-refractivity contribution >= 4 is 51.7 Å². The third kappa shape index (κ3) is 4.79. The van der Waals surface area contributed by atoms with Gasteiger partial charge in [-0.2, -0.15) is 5.10 Å². The summed E-state index contributed by atoms with van der Waals surface area (Å²) in [6.07, 6.45) is -2.50. The number of benzene rings is 2. The van der Waals surface area contributed by atoms with E-state index in [1.807, 2.05) is 5.43 Å². The van der Waals surface area contributed by atoms with E-state index in [0.717, 1.165) is 13.2 Å². The maximum Gasteiger partial charge on any atom is 0.427 e. The number of ether oxygens (including phenoxy) is 1. The summed E-state index contributed by atoms with van der Waals surface area (Å²) in [7, 11) is 1.11. The number of methoxy groups -OCH3 is 1. The number of hydrazone groups is 1. The van der Waals surface area contributed by atoms with Crippen molar-refractivity contribution in [1.82, 2.24) is 15.4 Å². The molecule has 1 aromatic heterocycles. The van der Waals surface area contributed by atoms with E-state index >= 15 is 0 Å². The lowest BCUT2D eigenvalue weighted by molar-refractivity contribution is -0.384. The molecule has 11 nitrogen and oxygen atoms in total. The molecular formula is C18H13Cl2N5O6. The molecule has 3 aromatic rings. The Labute approximate surface area is 183 Å². The summed E-state index contributed by atoms with van der Waals surface area (Å²) in [6.45, 7) is 0. The molecule has 1 amide bonds. The number of nitro groups is 1. The number of halogens is 2. The van der Waals surface area contributed by atoms with Crippen molar-refractivity contribution in [1.29, 1.82) is 0 Å². The molecule has 13 heteroatoms. The summed E-state index contributed by atoms with van der Waals surface area (Å²) in [5.41, 5.74) is 0.823. The summed E-state index contributed by atoms with van der Waals surface area (Å²) in [6, 6.07) is 7.92. The molecule has 0 saturated heterocycles. The van der Waals surface area contributed by atoms with Crippen LogP contribution in [0, 0.1) is 10.1 Å². The standard InChI is InChI=1S/C18H13Cl2N5O6/c1-31-18(28)24-23-14(16(26)8-2-4-10(19)11(20)6-8)15-17(27)22-13-7-9(25(29)30)3-5-12(13)21-15/h2-7,16,26H,1H3,(H,22,27)(H,24,28)/b23-14+/t16-/m0/s1. The number of carbonyl (C=O) groups excluding carboxylic acids is 1. The molecule has 0 spiro atoms. The summed E-state index contributed by atoms with van der Waals surface area (Å²) in [4.78, 5) is 41.1. The highest BCUT2D eigenvalue weighted by molar-refractivity contribution is 6.42. The first-order chi connectivity index (χ1) is 14.7. The molecule has 0 radical (unpaired) electrons. The number of aromatic amines is 1. The van der Waals surface area contributed by atoms with Crippen LogP contribution in [0.1, 0.15) is 17.4 Å². The lowest BCUT2D eigenvalue weighted by Crippen LogP contribution is -2.29. The summed E-state index contributed by atoms with van der Waals surface area (Å²) in [5.74, 6) is 0. The van der Waals surface area contributed by atoms with Gasteiger partial charge in [-0.25, -0.2) is 15.2 Å². The van der Waals surface area contributed by atoms with E-state index in [9.17, 15) is 24.8 Å². The minimum Gasteiger partial charge on any atom is -0.452 e. The SMILES string of the molecule is COC(=O)N/N=C(\c1nc2ccc([N+](=O)[O-])cc2[nH]c1=O)[C@@H](O)c1ccc(Cl)c(Cl)c1. The van der Waals surface area contributed by atoms with Gasteiger partial charge in [0.15, 0.2) is 5.69 Å². The van der Waals surface area contributed by atoms with Crippen molar-refractivity contribution in [2.45, 2.75) is 6.10 Å². The number of nitrogens with zero attached hydrogens (tertiary/aromatic N) is 3. The van der Waals surface area contributed by atoms with E-state index in [-0.39, 0.29) is 43.7 Å². The molecule has 160 valence electrons. The normalized spacial score (nSPS) is 12.5. The summed E-state index contributed by atoms with van der Waals surface area (Å²) < 4.78 is 4.45. The quantitative estimate of drug-likeness (QED) is 0.296. The van der Waals surface area contributed by atoms with Gasteiger partial charge in [0.1, 0.15) is 11.8 Å². The zero-order chi connectivity index (χ0) is 22.7. The van der Waals surface area contributed by atoms with Crippen LogP contribution in [0.25, 0.3) is 11.0 Å². The minimum atomic E-state index is -1.55. The lowest BCUT2D eigenvalue weighted by Gasteiger charge is -2.14. The molecule has 0 fully saturated rings. The topological polar surface area (TPSA) is 160 Å². The molecule has 3 rings (SSSR count). The van der Waals surface area contributed by atoms with Crippen molar-refractivity contribution in [2.75, 3.05) is 7.11 Å². The molecule has 1 atom stereocenters. The number of hydrogen-bond acceptors (Lipinski definition) is 8. The van der Waals surface area contributed by atoms with E-state index in [1.54, 1.807) is 0 Å². The van der Waals surface area contributed by atoms with E-state index in [4.69, 9.17) is 23.2 Å². The monoisotopic (exact) mass is 465 g/mol. The van der Waals surface area contributed by atoms with Crippen molar-refractivity contribution in [3.8, 4) is 0 Å². The fraction of sp³-hybridized carbons (Fsp3) is 0.111. The maximum atomic E-state index is 12.7. The largest absolute Gasteiger partial charge is 0.452 e. The second kappa shape index (κ2) is 9.08. The van der Waals surface area contributed by atoms with Crippen LogP contribution >= 0.6 is 23.2 Å². The van der Waals surface area contributed by atoms with E-state index < -0.39 is 22.7 Å². The van der Waals surface area contributed by atoms with Crippen LogP contribution in [-0.4, -0.2) is 38.9 Å². The zero-order valence-corrected chi connectivity index (χ0v) is 17.1. The van der Waals surface area contributed by atoms with Gasteiger partial charge < -0.3 is 14.8 Å². The second-order valence-electron chi connectivity index (χ2n) is 6.05. The smallest absolute Gasteiger partial charge is 0.427 e. The number of fused-ring (bicyclic) bond motifs is 1. The van der Waals surface area contributed by atoms with Crippen LogP contribution in [0.15, 0.2) is 46.3 Å². The average Bonchev–Trinajstić information content (AvgIpc) is 2.75. The minimum absolute atomic E-state index is 0.104. The Balaban J connectivity index is 2.15. The molecule has 3 N–H and O–H groups in total. The van der Waals surface area contributed by atoms with Gasteiger partial charge in [0.25, 0.3) is 11.2 Å². The highest BCUT2D eigenvalue weighted by Crippen LogP contribution is 2.27.